The molecule has 2 aliphatic rings. The first-order valence-electron chi connectivity index (χ1n) is 10.3. The Kier molecular flexibility index (Phi) is 4.48. The van der Waals surface area contributed by atoms with E-state index in [4.69, 9.17) is 4.74 Å². The summed E-state index contributed by atoms with van der Waals surface area (Å²) in [6, 6.07) is 28.9. The smallest absolute Gasteiger partial charge is 0.233 e. The van der Waals surface area contributed by atoms with Crippen LogP contribution in [0.15, 0.2) is 84.9 Å². The van der Waals surface area contributed by atoms with Gasteiger partial charge in [-0.1, -0.05) is 84.9 Å². The zero-order valence-corrected chi connectivity index (χ0v) is 16.6. The van der Waals surface area contributed by atoms with Crippen LogP contribution in [0.25, 0.3) is 0 Å². The van der Waals surface area contributed by atoms with Crippen LogP contribution in [0.2, 0.25) is 0 Å². The number of carbonyl (C=O) groups is 1. The van der Waals surface area contributed by atoms with Crippen LogP contribution in [0, 0.1) is 0 Å². The molecule has 3 aromatic rings. The average molecular weight is 383 g/mol. The van der Waals surface area contributed by atoms with Gasteiger partial charge in [-0.3, -0.25) is 4.79 Å². The maximum Gasteiger partial charge on any atom is 0.233 e. The van der Waals surface area contributed by atoms with Gasteiger partial charge in [0.25, 0.3) is 0 Å². The molecule has 3 atom stereocenters. The average Bonchev–Trinajstić information content (AvgIpc) is 3.06. The van der Waals surface area contributed by atoms with Crippen LogP contribution in [0.1, 0.15) is 41.1 Å². The Morgan fingerprint density at radius 2 is 1.59 bits per heavy atom. The summed E-state index contributed by atoms with van der Waals surface area (Å²) in [6.07, 6.45) is 1.41. The molecule has 0 N–H and O–H groups in total. The summed E-state index contributed by atoms with van der Waals surface area (Å²) in [6.45, 7) is 2.60. The topological polar surface area (TPSA) is 29.5 Å². The minimum atomic E-state index is -0.626. The molecule has 0 spiro atoms. The number of nitrogens with zero attached hydrogens (tertiary/aromatic N) is 1. The second kappa shape index (κ2) is 7.16. The van der Waals surface area contributed by atoms with Crippen molar-refractivity contribution in [3.05, 3.63) is 107 Å². The lowest BCUT2D eigenvalue weighted by molar-refractivity contribution is -0.149. The molecule has 0 bridgehead atoms. The van der Waals surface area contributed by atoms with Crippen molar-refractivity contribution < 1.29 is 9.53 Å². The van der Waals surface area contributed by atoms with E-state index in [-0.39, 0.29) is 17.9 Å². The zero-order valence-electron chi connectivity index (χ0n) is 16.6. The fourth-order valence-corrected chi connectivity index (χ4v) is 4.91. The lowest BCUT2D eigenvalue weighted by atomic mass is 9.87. The van der Waals surface area contributed by atoms with E-state index in [2.05, 4.69) is 49.4 Å². The van der Waals surface area contributed by atoms with Gasteiger partial charge in [0.15, 0.2) is 0 Å². The highest BCUT2D eigenvalue weighted by molar-refractivity contribution is 5.86. The van der Waals surface area contributed by atoms with E-state index in [1.807, 2.05) is 47.4 Å². The Labute approximate surface area is 171 Å². The van der Waals surface area contributed by atoms with E-state index in [1.54, 1.807) is 0 Å². The molecule has 3 heteroatoms. The minimum absolute atomic E-state index is 0.0544. The molecule has 1 saturated heterocycles. The van der Waals surface area contributed by atoms with Gasteiger partial charge in [-0.15, -0.1) is 0 Å². The number of carbonyl (C=O) groups excluding carboxylic acids is 1. The van der Waals surface area contributed by atoms with Crippen molar-refractivity contribution in [1.29, 1.82) is 0 Å². The highest BCUT2D eigenvalue weighted by Crippen LogP contribution is 2.45. The van der Waals surface area contributed by atoms with Gasteiger partial charge < -0.3 is 9.64 Å². The van der Waals surface area contributed by atoms with Crippen LogP contribution >= 0.6 is 0 Å². The Hall–Kier alpha value is -2.91. The van der Waals surface area contributed by atoms with Crippen LogP contribution in [0.3, 0.4) is 0 Å². The largest absolute Gasteiger partial charge is 0.353 e. The highest BCUT2D eigenvalue weighted by Gasteiger charge is 2.51. The maximum absolute atomic E-state index is 14.0. The van der Waals surface area contributed by atoms with Crippen LogP contribution in [0.5, 0.6) is 0 Å². The fraction of sp³-hybridized carbons (Fsp3) is 0.269. The van der Waals surface area contributed by atoms with Crippen LogP contribution in [-0.4, -0.2) is 23.1 Å². The molecule has 5 rings (SSSR count). The van der Waals surface area contributed by atoms with E-state index in [0.29, 0.717) is 19.4 Å². The molecular weight excluding hydrogens is 358 g/mol. The standard InChI is InChI=1S/C26H25NO2/c1-26-17-21-14-8-9-15-22(21)23(16-19-10-4-2-5-11-19)25(28)27(26)24(18-29-26)20-12-6-3-7-13-20/h2-15,23-24H,16-18H2,1H3/t23-,24-,26-/m0/s1. The number of amides is 1. The van der Waals surface area contributed by atoms with Crippen molar-refractivity contribution in [2.75, 3.05) is 6.61 Å². The number of benzene rings is 3. The zero-order chi connectivity index (χ0) is 19.8. The minimum Gasteiger partial charge on any atom is -0.353 e. The Bertz CT molecular complexity index is 1020. The van der Waals surface area contributed by atoms with E-state index in [0.717, 1.165) is 11.1 Å². The Morgan fingerprint density at radius 1 is 0.931 bits per heavy atom. The SMILES string of the molecule is C[C@]12Cc3ccccc3[C@H](Cc3ccccc3)C(=O)N1[C@H](c1ccccc1)CO2. The first-order valence-corrected chi connectivity index (χ1v) is 10.3. The molecule has 1 fully saturated rings. The van der Waals surface area contributed by atoms with Gasteiger partial charge in [0.05, 0.1) is 18.6 Å². The maximum atomic E-state index is 14.0. The van der Waals surface area contributed by atoms with Crippen LogP contribution < -0.4 is 0 Å². The molecule has 3 nitrogen and oxygen atoms in total. The van der Waals surface area contributed by atoms with Crippen molar-refractivity contribution in [3.63, 3.8) is 0 Å². The third kappa shape index (κ3) is 3.16. The summed E-state index contributed by atoms with van der Waals surface area (Å²) in [5.41, 5.74) is 4.03. The van der Waals surface area contributed by atoms with Gasteiger partial charge >= 0.3 is 0 Å². The Morgan fingerprint density at radius 3 is 2.34 bits per heavy atom. The predicted molar refractivity (Wildman–Crippen MR) is 113 cm³/mol. The van der Waals surface area contributed by atoms with Gasteiger partial charge in [0, 0.05) is 6.42 Å². The summed E-state index contributed by atoms with van der Waals surface area (Å²) >= 11 is 0. The molecule has 0 aromatic heterocycles. The van der Waals surface area contributed by atoms with Gasteiger partial charge in [0.2, 0.25) is 5.91 Å². The second-order valence-corrected chi connectivity index (χ2v) is 8.24. The van der Waals surface area contributed by atoms with Crippen molar-refractivity contribution in [1.82, 2.24) is 4.90 Å². The predicted octanol–water partition coefficient (Wildman–Crippen LogP) is 4.89. The summed E-state index contributed by atoms with van der Waals surface area (Å²) in [7, 11) is 0. The van der Waals surface area contributed by atoms with E-state index >= 15 is 0 Å². The monoisotopic (exact) mass is 383 g/mol. The van der Waals surface area contributed by atoms with E-state index in [1.165, 1.54) is 11.1 Å². The normalized spacial score (nSPS) is 26.0. The van der Waals surface area contributed by atoms with Gasteiger partial charge in [-0.2, -0.15) is 0 Å². The summed E-state index contributed by atoms with van der Waals surface area (Å²) in [4.78, 5) is 16.1. The molecule has 29 heavy (non-hydrogen) atoms. The van der Waals surface area contributed by atoms with Gasteiger partial charge in [0.1, 0.15) is 5.72 Å². The number of fused-ring (bicyclic) bond motifs is 2. The Balaban J connectivity index is 1.60. The first kappa shape index (κ1) is 18.1. The summed E-state index contributed by atoms with van der Waals surface area (Å²) in [5.74, 6) is -0.0454. The number of rotatable bonds is 3. The molecular formula is C26H25NO2. The van der Waals surface area contributed by atoms with Crippen molar-refractivity contribution in [2.24, 2.45) is 0 Å². The van der Waals surface area contributed by atoms with Crippen molar-refractivity contribution >= 4 is 5.91 Å². The van der Waals surface area contributed by atoms with Gasteiger partial charge in [-0.25, -0.2) is 0 Å². The molecule has 0 radical (unpaired) electrons. The molecule has 0 aliphatic carbocycles. The molecule has 3 aromatic carbocycles. The molecule has 0 unspecified atom stereocenters. The second-order valence-electron chi connectivity index (χ2n) is 8.24. The van der Waals surface area contributed by atoms with E-state index < -0.39 is 5.72 Å². The van der Waals surface area contributed by atoms with Crippen molar-refractivity contribution in [2.45, 2.75) is 37.5 Å². The first-order chi connectivity index (χ1) is 14.2. The highest BCUT2D eigenvalue weighted by atomic mass is 16.5. The number of hydrogen-bond donors (Lipinski definition) is 0. The third-order valence-electron chi connectivity index (χ3n) is 6.32. The number of ether oxygens (including phenoxy) is 1. The summed E-state index contributed by atoms with van der Waals surface area (Å²) in [5, 5.41) is 0. The molecule has 2 heterocycles. The van der Waals surface area contributed by atoms with Crippen LogP contribution in [0.4, 0.5) is 0 Å². The fourth-order valence-electron chi connectivity index (χ4n) is 4.91. The molecule has 1 amide bonds. The van der Waals surface area contributed by atoms with Crippen molar-refractivity contribution in [3.8, 4) is 0 Å². The lowest BCUT2D eigenvalue weighted by Crippen LogP contribution is -2.48. The van der Waals surface area contributed by atoms with E-state index in [9.17, 15) is 4.79 Å². The quantitative estimate of drug-likeness (QED) is 0.645. The van der Waals surface area contributed by atoms with Gasteiger partial charge in [-0.05, 0) is 35.6 Å². The number of hydrogen-bond acceptors (Lipinski definition) is 2. The molecule has 0 saturated carbocycles. The lowest BCUT2D eigenvalue weighted by Gasteiger charge is -2.36. The third-order valence-corrected chi connectivity index (χ3v) is 6.32. The molecule has 2 aliphatic heterocycles. The van der Waals surface area contributed by atoms with Crippen LogP contribution in [-0.2, 0) is 22.4 Å². The summed E-state index contributed by atoms with van der Waals surface area (Å²) < 4.78 is 6.32. The molecule has 146 valence electrons.